The molecular weight excluding hydrogens is 515 g/mol. The number of fused-ring (bicyclic) bond motifs is 1. The van der Waals surface area contributed by atoms with Gasteiger partial charge in [0.1, 0.15) is 0 Å². The molecule has 1 saturated carbocycles. The summed E-state index contributed by atoms with van der Waals surface area (Å²) < 4.78 is 40.4. The number of urea groups is 1. The summed E-state index contributed by atoms with van der Waals surface area (Å²) in [6.45, 7) is 6.82. The zero-order chi connectivity index (χ0) is 28.7. The predicted octanol–water partition coefficient (Wildman–Crippen LogP) is 6.77. The third-order valence-corrected chi connectivity index (χ3v) is 7.60. The van der Waals surface area contributed by atoms with Gasteiger partial charge in [-0.2, -0.15) is 13.2 Å². The van der Waals surface area contributed by atoms with Crippen molar-refractivity contribution in [1.29, 1.82) is 0 Å². The second-order valence-electron chi connectivity index (χ2n) is 11.8. The van der Waals surface area contributed by atoms with Crippen molar-refractivity contribution in [1.82, 2.24) is 15.5 Å². The molecule has 40 heavy (non-hydrogen) atoms. The Hall–Kier alpha value is -3.81. The van der Waals surface area contributed by atoms with E-state index in [1.165, 1.54) is 11.6 Å². The van der Waals surface area contributed by atoms with Crippen LogP contribution in [0.5, 0.6) is 0 Å². The number of benzene rings is 3. The summed E-state index contributed by atoms with van der Waals surface area (Å²) in [4.78, 5) is 28.1. The van der Waals surface area contributed by atoms with Gasteiger partial charge in [0.15, 0.2) is 0 Å². The fourth-order valence-corrected chi connectivity index (χ4v) is 5.50. The highest BCUT2D eigenvalue weighted by atomic mass is 19.4. The van der Waals surface area contributed by atoms with Gasteiger partial charge in [-0.1, -0.05) is 48.5 Å². The molecule has 0 spiro atoms. The van der Waals surface area contributed by atoms with Gasteiger partial charge in [-0.15, -0.1) is 0 Å². The van der Waals surface area contributed by atoms with E-state index in [-0.39, 0.29) is 18.5 Å². The number of amides is 3. The second-order valence-corrected chi connectivity index (χ2v) is 11.8. The fraction of sp³-hybridized carbons (Fsp3) is 0.375. The second kappa shape index (κ2) is 10.6. The number of hydrogen-bond acceptors (Lipinski definition) is 2. The summed E-state index contributed by atoms with van der Waals surface area (Å²) in [5.74, 6) is 0.555. The molecule has 5 rings (SSSR count). The predicted molar refractivity (Wildman–Crippen MR) is 149 cm³/mol. The first kappa shape index (κ1) is 27.7. The molecule has 2 atom stereocenters. The van der Waals surface area contributed by atoms with Crippen molar-refractivity contribution in [3.05, 3.63) is 94.5 Å². The van der Waals surface area contributed by atoms with Crippen LogP contribution in [-0.4, -0.2) is 35.5 Å². The van der Waals surface area contributed by atoms with Crippen LogP contribution in [0.25, 0.3) is 11.1 Å². The maximum absolute atomic E-state index is 13.5. The lowest BCUT2D eigenvalue weighted by Gasteiger charge is -2.34. The normalized spacial score (nSPS) is 18.6. The zero-order valence-corrected chi connectivity index (χ0v) is 22.9. The van der Waals surface area contributed by atoms with Crippen molar-refractivity contribution < 1.29 is 22.8 Å². The summed E-state index contributed by atoms with van der Waals surface area (Å²) >= 11 is 0. The standard InChI is InChI=1S/C32H34F3N3O2/c1-31(2,3)37-30(40)38-15-14-25-24(21-10-7-11-23(16-21)32(33,34)35)12-13-26(28(25)19-38)29(39)36-18-22-17-27(22)20-8-5-4-6-9-20/h4-13,16,22,27H,14-15,17-19H2,1-3H3,(H,36,39)(H,37,40)/t22-,27-/m1/s1. The molecule has 0 radical (unpaired) electrons. The number of carbonyl (C=O) groups is 2. The van der Waals surface area contributed by atoms with Gasteiger partial charge in [-0.25, -0.2) is 4.79 Å². The first-order valence-corrected chi connectivity index (χ1v) is 13.6. The molecule has 2 aliphatic rings. The van der Waals surface area contributed by atoms with E-state index in [1.807, 2.05) is 39.0 Å². The highest BCUT2D eigenvalue weighted by molar-refractivity contribution is 5.97. The van der Waals surface area contributed by atoms with E-state index >= 15 is 0 Å². The monoisotopic (exact) mass is 549 g/mol. The summed E-state index contributed by atoms with van der Waals surface area (Å²) in [6, 6.07) is 18.6. The average Bonchev–Trinajstić information content (AvgIpc) is 3.70. The molecule has 0 unspecified atom stereocenters. The molecule has 3 aromatic carbocycles. The smallest absolute Gasteiger partial charge is 0.352 e. The quantitative estimate of drug-likeness (QED) is 0.369. The number of halogens is 3. The molecule has 0 saturated heterocycles. The number of nitrogens with zero attached hydrogens (tertiary/aromatic N) is 1. The average molecular weight is 550 g/mol. The van der Waals surface area contributed by atoms with Crippen LogP contribution < -0.4 is 10.6 Å². The van der Waals surface area contributed by atoms with Crippen LogP contribution in [0, 0.1) is 5.92 Å². The lowest BCUT2D eigenvalue weighted by molar-refractivity contribution is -0.137. The van der Waals surface area contributed by atoms with E-state index in [4.69, 9.17) is 0 Å². The number of alkyl halides is 3. The Morgan fingerprint density at radius 2 is 1.70 bits per heavy atom. The van der Waals surface area contributed by atoms with Gasteiger partial charge in [0, 0.05) is 30.7 Å². The Kier molecular flexibility index (Phi) is 7.38. The molecule has 3 aromatic rings. The molecule has 3 amide bonds. The van der Waals surface area contributed by atoms with Crippen LogP contribution in [0.1, 0.15) is 65.7 Å². The molecule has 0 bridgehead atoms. The third kappa shape index (κ3) is 6.16. The van der Waals surface area contributed by atoms with E-state index in [1.54, 1.807) is 23.1 Å². The minimum atomic E-state index is -4.46. The van der Waals surface area contributed by atoms with Gasteiger partial charge in [0.05, 0.1) is 5.56 Å². The van der Waals surface area contributed by atoms with Crippen LogP contribution in [0.15, 0.2) is 66.7 Å². The van der Waals surface area contributed by atoms with Gasteiger partial charge in [0.25, 0.3) is 5.91 Å². The van der Waals surface area contributed by atoms with E-state index in [2.05, 4.69) is 22.8 Å². The molecule has 1 fully saturated rings. The van der Waals surface area contributed by atoms with Gasteiger partial charge >= 0.3 is 12.2 Å². The Balaban J connectivity index is 1.42. The van der Waals surface area contributed by atoms with Crippen LogP contribution >= 0.6 is 0 Å². The van der Waals surface area contributed by atoms with Gasteiger partial charge < -0.3 is 15.5 Å². The molecule has 0 aromatic heterocycles. The number of hydrogen-bond donors (Lipinski definition) is 2. The molecule has 210 valence electrons. The third-order valence-electron chi connectivity index (χ3n) is 7.60. The van der Waals surface area contributed by atoms with Crippen molar-refractivity contribution >= 4 is 11.9 Å². The van der Waals surface area contributed by atoms with Crippen molar-refractivity contribution in [2.45, 2.75) is 57.8 Å². The van der Waals surface area contributed by atoms with Crippen LogP contribution in [0.2, 0.25) is 0 Å². The summed E-state index contributed by atoms with van der Waals surface area (Å²) in [5.41, 5.74) is 3.14. The molecule has 1 aliphatic heterocycles. The topological polar surface area (TPSA) is 61.4 Å². The Labute approximate surface area is 232 Å². The van der Waals surface area contributed by atoms with Crippen LogP contribution in [0.4, 0.5) is 18.0 Å². The highest BCUT2D eigenvalue weighted by Crippen LogP contribution is 2.47. The lowest BCUT2D eigenvalue weighted by Crippen LogP contribution is -2.50. The first-order chi connectivity index (χ1) is 18.9. The van der Waals surface area contributed by atoms with E-state index in [0.717, 1.165) is 24.1 Å². The molecule has 2 N–H and O–H groups in total. The lowest BCUT2D eigenvalue weighted by atomic mass is 9.87. The van der Waals surface area contributed by atoms with E-state index in [9.17, 15) is 22.8 Å². The van der Waals surface area contributed by atoms with Crippen LogP contribution in [-0.2, 0) is 19.1 Å². The SMILES string of the molecule is CC(C)(C)NC(=O)N1CCc2c(-c3cccc(C(F)(F)F)c3)ccc(C(=O)NC[C@H]3C[C@@H]3c3ccccc3)c2C1. The van der Waals surface area contributed by atoms with Crippen molar-refractivity contribution in [3.8, 4) is 11.1 Å². The maximum atomic E-state index is 13.5. The largest absolute Gasteiger partial charge is 0.416 e. The van der Waals surface area contributed by atoms with Gasteiger partial charge in [-0.05, 0) is 91.5 Å². The Morgan fingerprint density at radius 1 is 0.950 bits per heavy atom. The summed E-state index contributed by atoms with van der Waals surface area (Å²) in [6.07, 6.45) is -3.02. The van der Waals surface area contributed by atoms with Crippen molar-refractivity contribution in [2.24, 2.45) is 5.92 Å². The van der Waals surface area contributed by atoms with Crippen molar-refractivity contribution in [2.75, 3.05) is 13.1 Å². The molecule has 1 aliphatic carbocycles. The highest BCUT2D eigenvalue weighted by Gasteiger charge is 2.38. The van der Waals surface area contributed by atoms with Gasteiger partial charge in [-0.3, -0.25) is 4.79 Å². The maximum Gasteiger partial charge on any atom is 0.416 e. The minimum Gasteiger partial charge on any atom is -0.352 e. The number of rotatable bonds is 5. The Morgan fingerprint density at radius 3 is 2.40 bits per heavy atom. The fourth-order valence-electron chi connectivity index (χ4n) is 5.50. The molecule has 1 heterocycles. The minimum absolute atomic E-state index is 0.197. The number of carbonyl (C=O) groups excluding carboxylic acids is 2. The first-order valence-electron chi connectivity index (χ1n) is 13.6. The van der Waals surface area contributed by atoms with Gasteiger partial charge in [0.2, 0.25) is 0 Å². The zero-order valence-electron chi connectivity index (χ0n) is 22.9. The Bertz CT molecular complexity index is 1410. The molecule has 8 heteroatoms. The molecule has 5 nitrogen and oxygen atoms in total. The summed E-state index contributed by atoms with van der Waals surface area (Å²) in [5, 5.41) is 6.04. The van der Waals surface area contributed by atoms with E-state index in [0.29, 0.717) is 53.6 Å². The molecular formula is C32H34F3N3O2. The van der Waals surface area contributed by atoms with Crippen molar-refractivity contribution in [3.63, 3.8) is 0 Å². The van der Waals surface area contributed by atoms with Crippen LogP contribution in [0.3, 0.4) is 0 Å². The van der Waals surface area contributed by atoms with E-state index < -0.39 is 17.3 Å². The summed E-state index contributed by atoms with van der Waals surface area (Å²) in [7, 11) is 0. The number of nitrogens with one attached hydrogen (secondary N) is 2.